The second kappa shape index (κ2) is 9.39. The maximum absolute atomic E-state index is 13.1. The van der Waals surface area contributed by atoms with Crippen LogP contribution in [0.15, 0.2) is 58.5 Å². The lowest BCUT2D eigenvalue weighted by atomic mass is 9.88. The Bertz CT molecular complexity index is 1380. The Morgan fingerprint density at radius 2 is 1.97 bits per heavy atom. The average molecular weight is 462 g/mol. The topological polar surface area (TPSA) is 81.3 Å². The van der Waals surface area contributed by atoms with Crippen LogP contribution in [0.2, 0.25) is 0 Å². The molecule has 4 aromatic rings. The number of hydrogen-bond donors (Lipinski definition) is 1. The number of unbranched alkanes of at least 4 members (excludes halogenated alkanes) is 1. The number of carbonyl (C=O) groups is 1. The summed E-state index contributed by atoms with van der Waals surface area (Å²) in [6.45, 7) is 2.69. The van der Waals surface area contributed by atoms with E-state index in [0.717, 1.165) is 37.6 Å². The predicted octanol–water partition coefficient (Wildman–Crippen LogP) is 4.13. The first-order valence-electron chi connectivity index (χ1n) is 11.5. The first-order chi connectivity index (χ1) is 16.2. The van der Waals surface area contributed by atoms with Gasteiger partial charge in [-0.3, -0.25) is 18.6 Å². The molecule has 0 radical (unpaired) electrons. The SMILES string of the molecule is CCCCn1c(=O)c2ccccc2n2c(SCC(=O)NC3CCCc4ccccc43)nnc12. The van der Waals surface area contributed by atoms with E-state index in [1.807, 2.05) is 34.7 Å². The highest BCUT2D eigenvalue weighted by atomic mass is 32.2. The number of carbonyl (C=O) groups excluding carboxylic acids is 1. The molecule has 1 aliphatic carbocycles. The van der Waals surface area contributed by atoms with Gasteiger partial charge in [-0.25, -0.2) is 0 Å². The van der Waals surface area contributed by atoms with Crippen molar-refractivity contribution in [2.45, 2.75) is 56.8 Å². The lowest BCUT2D eigenvalue weighted by Crippen LogP contribution is -2.32. The van der Waals surface area contributed by atoms with Crippen molar-refractivity contribution in [3.05, 3.63) is 70.0 Å². The molecule has 0 spiro atoms. The molecule has 1 N–H and O–H groups in total. The number of amides is 1. The minimum atomic E-state index is -0.0517. The molecule has 1 amide bonds. The largest absolute Gasteiger partial charge is 0.349 e. The molecule has 5 rings (SSSR count). The Hall–Kier alpha value is -3.13. The number of hydrogen-bond acceptors (Lipinski definition) is 5. The third-order valence-corrected chi connectivity index (χ3v) is 7.18. The molecule has 0 saturated carbocycles. The normalized spacial score (nSPS) is 15.6. The number of rotatable bonds is 7. The summed E-state index contributed by atoms with van der Waals surface area (Å²) in [6, 6.07) is 15.9. The summed E-state index contributed by atoms with van der Waals surface area (Å²) in [5, 5.41) is 13.1. The summed E-state index contributed by atoms with van der Waals surface area (Å²) in [5.41, 5.74) is 3.26. The van der Waals surface area contributed by atoms with E-state index in [1.165, 1.54) is 22.9 Å². The standard InChI is InChI=1S/C25H27N5O2S/c1-2-3-15-29-23(32)19-12-6-7-14-21(19)30-24(29)27-28-25(30)33-16-22(31)26-20-13-8-10-17-9-4-5-11-18(17)20/h4-7,9,11-12,14,20H,2-3,8,10,13,15-16H2,1H3,(H,26,31). The molecule has 0 fully saturated rings. The third kappa shape index (κ3) is 4.15. The first-order valence-corrected chi connectivity index (χ1v) is 12.5. The van der Waals surface area contributed by atoms with Crippen molar-refractivity contribution in [1.29, 1.82) is 0 Å². The van der Waals surface area contributed by atoms with Gasteiger partial charge in [-0.15, -0.1) is 10.2 Å². The van der Waals surface area contributed by atoms with Crippen LogP contribution in [0.1, 0.15) is 49.8 Å². The number of aromatic nitrogens is 4. The highest BCUT2D eigenvalue weighted by Crippen LogP contribution is 2.29. The van der Waals surface area contributed by atoms with Gasteiger partial charge < -0.3 is 5.32 Å². The molecule has 2 heterocycles. The van der Waals surface area contributed by atoms with Crippen molar-refractivity contribution in [3.63, 3.8) is 0 Å². The zero-order chi connectivity index (χ0) is 22.8. The van der Waals surface area contributed by atoms with E-state index >= 15 is 0 Å². The van der Waals surface area contributed by atoms with Crippen LogP contribution in [-0.2, 0) is 17.8 Å². The highest BCUT2D eigenvalue weighted by molar-refractivity contribution is 7.99. The fraction of sp³-hybridized carbons (Fsp3) is 0.360. The molecule has 2 aromatic heterocycles. The molecule has 1 aliphatic rings. The maximum atomic E-state index is 13.1. The van der Waals surface area contributed by atoms with E-state index in [1.54, 1.807) is 4.57 Å². The number of benzene rings is 2. The first kappa shape index (κ1) is 21.7. The van der Waals surface area contributed by atoms with E-state index < -0.39 is 0 Å². The lowest BCUT2D eigenvalue weighted by Gasteiger charge is -2.26. The Morgan fingerprint density at radius 3 is 2.85 bits per heavy atom. The molecule has 7 nitrogen and oxygen atoms in total. The smallest absolute Gasteiger partial charge is 0.262 e. The number of fused-ring (bicyclic) bond motifs is 4. The summed E-state index contributed by atoms with van der Waals surface area (Å²) in [4.78, 5) is 25.9. The minimum Gasteiger partial charge on any atom is -0.349 e. The van der Waals surface area contributed by atoms with Gasteiger partial charge in [0, 0.05) is 6.54 Å². The summed E-state index contributed by atoms with van der Waals surface area (Å²) in [6.07, 6.45) is 4.96. The maximum Gasteiger partial charge on any atom is 0.262 e. The minimum absolute atomic E-state index is 0.0259. The van der Waals surface area contributed by atoms with Gasteiger partial charge in [0.1, 0.15) is 0 Å². The van der Waals surface area contributed by atoms with Gasteiger partial charge in [0.25, 0.3) is 5.56 Å². The molecular formula is C25H27N5O2S. The monoisotopic (exact) mass is 461 g/mol. The quantitative estimate of drug-likeness (QED) is 0.419. The van der Waals surface area contributed by atoms with Crippen molar-refractivity contribution in [1.82, 2.24) is 24.5 Å². The van der Waals surface area contributed by atoms with Crippen molar-refractivity contribution in [3.8, 4) is 0 Å². The van der Waals surface area contributed by atoms with E-state index in [9.17, 15) is 9.59 Å². The van der Waals surface area contributed by atoms with Gasteiger partial charge in [-0.1, -0.05) is 61.5 Å². The van der Waals surface area contributed by atoms with E-state index in [0.29, 0.717) is 22.9 Å². The number of aryl methyl sites for hydroxylation is 2. The summed E-state index contributed by atoms with van der Waals surface area (Å²) in [5.74, 6) is 0.736. The summed E-state index contributed by atoms with van der Waals surface area (Å²) < 4.78 is 3.60. The molecule has 170 valence electrons. The van der Waals surface area contributed by atoms with Crippen LogP contribution in [0.4, 0.5) is 0 Å². The molecule has 8 heteroatoms. The van der Waals surface area contributed by atoms with Crippen molar-refractivity contribution in [2.75, 3.05) is 5.75 Å². The molecule has 1 unspecified atom stereocenters. The lowest BCUT2D eigenvalue weighted by molar-refractivity contribution is -0.119. The number of nitrogens with one attached hydrogen (secondary N) is 1. The second-order valence-electron chi connectivity index (χ2n) is 8.45. The van der Waals surface area contributed by atoms with Crippen LogP contribution in [0, 0.1) is 0 Å². The molecule has 2 aromatic carbocycles. The van der Waals surface area contributed by atoms with E-state index in [4.69, 9.17) is 0 Å². The summed E-state index contributed by atoms with van der Waals surface area (Å²) in [7, 11) is 0. The fourth-order valence-corrected chi connectivity index (χ4v) is 5.37. The Kier molecular flexibility index (Phi) is 6.17. The molecular weight excluding hydrogens is 434 g/mol. The Morgan fingerprint density at radius 1 is 1.15 bits per heavy atom. The van der Waals surface area contributed by atoms with Gasteiger partial charge in [0.15, 0.2) is 5.16 Å². The van der Waals surface area contributed by atoms with Crippen molar-refractivity contribution >= 4 is 34.3 Å². The van der Waals surface area contributed by atoms with Crippen LogP contribution < -0.4 is 10.9 Å². The summed E-state index contributed by atoms with van der Waals surface area (Å²) >= 11 is 1.35. The molecule has 0 saturated heterocycles. The average Bonchev–Trinajstić information content (AvgIpc) is 3.27. The second-order valence-corrected chi connectivity index (χ2v) is 9.39. The van der Waals surface area contributed by atoms with Crippen LogP contribution in [-0.4, -0.2) is 30.8 Å². The molecule has 1 atom stereocenters. The van der Waals surface area contributed by atoms with Gasteiger partial charge in [-0.05, 0) is 48.9 Å². The molecule has 0 aliphatic heterocycles. The number of nitrogens with zero attached hydrogens (tertiary/aromatic N) is 4. The zero-order valence-corrected chi connectivity index (χ0v) is 19.5. The molecule has 33 heavy (non-hydrogen) atoms. The highest BCUT2D eigenvalue weighted by Gasteiger charge is 2.22. The number of thioether (sulfide) groups is 1. The molecule has 0 bridgehead atoms. The predicted molar refractivity (Wildman–Crippen MR) is 131 cm³/mol. The van der Waals surface area contributed by atoms with Gasteiger partial charge in [0.2, 0.25) is 11.7 Å². The van der Waals surface area contributed by atoms with Gasteiger partial charge in [0.05, 0.1) is 22.7 Å². The van der Waals surface area contributed by atoms with E-state index in [2.05, 4.69) is 40.6 Å². The number of para-hydroxylation sites is 1. The van der Waals surface area contributed by atoms with Crippen LogP contribution in [0.25, 0.3) is 16.7 Å². The third-order valence-electron chi connectivity index (χ3n) is 6.25. The van der Waals surface area contributed by atoms with Crippen LogP contribution >= 0.6 is 11.8 Å². The fourth-order valence-electron chi connectivity index (χ4n) is 4.61. The van der Waals surface area contributed by atoms with Crippen molar-refractivity contribution < 1.29 is 4.79 Å². The van der Waals surface area contributed by atoms with Crippen LogP contribution in [0.3, 0.4) is 0 Å². The van der Waals surface area contributed by atoms with Crippen LogP contribution in [0.5, 0.6) is 0 Å². The van der Waals surface area contributed by atoms with Crippen molar-refractivity contribution in [2.24, 2.45) is 0 Å². The zero-order valence-electron chi connectivity index (χ0n) is 18.7. The van der Waals surface area contributed by atoms with Gasteiger partial charge in [-0.2, -0.15) is 0 Å². The Labute approximate surface area is 196 Å². The Balaban J connectivity index is 1.40. The van der Waals surface area contributed by atoms with Gasteiger partial charge >= 0.3 is 0 Å². The van der Waals surface area contributed by atoms with E-state index in [-0.39, 0.29) is 23.3 Å².